The summed E-state index contributed by atoms with van der Waals surface area (Å²) in [5.41, 5.74) is 3.92. The predicted octanol–water partition coefficient (Wildman–Crippen LogP) is 5.87. The van der Waals surface area contributed by atoms with Gasteiger partial charge in [0.25, 0.3) is 0 Å². The standard InChI is InChI=1S/C20H22N2O4.C14H6Cl2O2.C4H10O/c1-21(9-11-23)15-7-3-5-13-17(15)19(25)14-6-4-8-16(18(14)20(13)26)22(2)10-12-24;15-9-5-1-3-7-11(9)14(18)8-4-2-6-10(16)12(8)13(7)17;1-2-3-4-5/h3-8,23-24H,9-12H2,1-2H3;1-6H;5H,2-4H2,1H3. The molecule has 0 fully saturated rings. The molecule has 0 atom stereocenters. The number of nitrogens with zero attached hydrogens (tertiary/aromatic N) is 2. The molecule has 256 valence electrons. The van der Waals surface area contributed by atoms with Crippen LogP contribution >= 0.6 is 23.2 Å². The van der Waals surface area contributed by atoms with Crippen LogP contribution in [0.5, 0.6) is 0 Å². The number of fused-ring (bicyclic) bond motifs is 4. The Kier molecular flexibility index (Phi) is 12.9. The summed E-state index contributed by atoms with van der Waals surface area (Å²) in [7, 11) is 3.56. The van der Waals surface area contributed by atoms with E-state index in [4.69, 9.17) is 28.3 Å². The van der Waals surface area contributed by atoms with Crippen molar-refractivity contribution in [2.75, 3.05) is 56.8 Å². The van der Waals surface area contributed by atoms with Gasteiger partial charge in [-0.1, -0.05) is 85.1 Å². The van der Waals surface area contributed by atoms with Crippen LogP contribution in [0.1, 0.15) is 83.5 Å². The molecule has 0 amide bonds. The lowest BCUT2D eigenvalue weighted by atomic mass is 9.82. The molecule has 0 bridgehead atoms. The number of aliphatic hydroxyl groups is 3. The minimum Gasteiger partial charge on any atom is -0.396 e. The van der Waals surface area contributed by atoms with Crippen molar-refractivity contribution in [1.82, 2.24) is 0 Å². The van der Waals surface area contributed by atoms with Crippen molar-refractivity contribution in [1.29, 1.82) is 0 Å². The normalized spacial score (nSPS) is 12.4. The Morgan fingerprint density at radius 1 is 0.510 bits per heavy atom. The van der Waals surface area contributed by atoms with Crippen LogP contribution in [0, 0.1) is 0 Å². The molecule has 9 nitrogen and oxygen atoms in total. The third kappa shape index (κ3) is 7.61. The molecule has 6 rings (SSSR count). The summed E-state index contributed by atoms with van der Waals surface area (Å²) >= 11 is 12.0. The SMILES string of the molecule is CCCCO.CN(CCO)c1cccc2c1C(=O)c1cccc(N(C)CCO)c1C2=O.O=C1c2cccc(Cl)c2C(=O)c2cccc(Cl)c21. The molecule has 0 aliphatic heterocycles. The molecule has 0 saturated heterocycles. The molecular formula is C38H38Cl2N2O7. The van der Waals surface area contributed by atoms with E-state index in [9.17, 15) is 29.4 Å². The van der Waals surface area contributed by atoms with Gasteiger partial charge in [0.15, 0.2) is 23.1 Å². The monoisotopic (exact) mass is 704 g/mol. The number of carbonyl (C=O) groups excluding carboxylic acids is 4. The molecule has 2 aliphatic rings. The van der Waals surface area contributed by atoms with Gasteiger partial charge in [-0.3, -0.25) is 19.2 Å². The highest BCUT2D eigenvalue weighted by Gasteiger charge is 2.35. The average molecular weight is 706 g/mol. The minimum absolute atomic E-state index is 0.0466. The Hall–Kier alpha value is -4.38. The van der Waals surface area contributed by atoms with Crippen LogP contribution in [0.25, 0.3) is 0 Å². The molecule has 0 heterocycles. The molecule has 0 saturated carbocycles. The third-order valence-electron chi connectivity index (χ3n) is 8.20. The van der Waals surface area contributed by atoms with E-state index in [-0.39, 0.29) is 57.5 Å². The fourth-order valence-corrected chi connectivity index (χ4v) is 6.22. The summed E-state index contributed by atoms with van der Waals surface area (Å²) in [5.74, 6) is -0.913. The molecular weight excluding hydrogens is 667 g/mol. The van der Waals surface area contributed by atoms with Crippen molar-refractivity contribution in [3.63, 3.8) is 0 Å². The lowest BCUT2D eigenvalue weighted by Gasteiger charge is -2.28. The number of unbranched alkanes of at least 4 members (excludes halogenated alkanes) is 1. The number of hydrogen-bond donors (Lipinski definition) is 3. The maximum Gasteiger partial charge on any atom is 0.196 e. The maximum atomic E-state index is 13.2. The van der Waals surface area contributed by atoms with E-state index in [0.29, 0.717) is 64.5 Å². The largest absolute Gasteiger partial charge is 0.396 e. The van der Waals surface area contributed by atoms with Gasteiger partial charge >= 0.3 is 0 Å². The van der Waals surface area contributed by atoms with Gasteiger partial charge in [-0.05, 0) is 30.7 Å². The summed E-state index contributed by atoms with van der Waals surface area (Å²) in [6.07, 6.45) is 2.04. The van der Waals surface area contributed by atoms with Gasteiger partial charge in [0.1, 0.15) is 0 Å². The Bertz CT molecular complexity index is 1760. The summed E-state index contributed by atoms with van der Waals surface area (Å²) in [6.45, 7) is 3.03. The third-order valence-corrected chi connectivity index (χ3v) is 8.83. The number of carbonyl (C=O) groups is 4. The molecule has 0 spiro atoms. The lowest BCUT2D eigenvalue weighted by molar-refractivity contribution is 0.0979. The first kappa shape index (κ1) is 37.4. The zero-order valence-electron chi connectivity index (χ0n) is 27.5. The van der Waals surface area contributed by atoms with Gasteiger partial charge in [0.05, 0.1) is 45.5 Å². The molecule has 4 aromatic carbocycles. The van der Waals surface area contributed by atoms with Gasteiger partial charge in [-0.15, -0.1) is 0 Å². The van der Waals surface area contributed by atoms with Crippen molar-refractivity contribution in [3.8, 4) is 0 Å². The van der Waals surface area contributed by atoms with E-state index in [1.54, 1.807) is 96.7 Å². The summed E-state index contributed by atoms with van der Waals surface area (Å²) in [4.78, 5) is 54.6. The smallest absolute Gasteiger partial charge is 0.196 e. The number of benzene rings is 4. The lowest BCUT2D eigenvalue weighted by Crippen LogP contribution is -2.30. The number of ketones is 4. The fraction of sp³-hybridized carbons (Fsp3) is 0.263. The van der Waals surface area contributed by atoms with Crippen LogP contribution in [-0.2, 0) is 0 Å². The van der Waals surface area contributed by atoms with E-state index in [0.717, 1.165) is 12.8 Å². The zero-order chi connectivity index (χ0) is 35.8. The molecule has 2 aliphatic carbocycles. The molecule has 0 unspecified atom stereocenters. The number of hydrogen-bond acceptors (Lipinski definition) is 9. The van der Waals surface area contributed by atoms with E-state index in [2.05, 4.69) is 6.92 Å². The van der Waals surface area contributed by atoms with Gasteiger partial charge in [0.2, 0.25) is 0 Å². The van der Waals surface area contributed by atoms with Crippen LogP contribution in [0.2, 0.25) is 10.0 Å². The van der Waals surface area contributed by atoms with Crippen LogP contribution in [-0.4, -0.2) is 85.5 Å². The number of likely N-dealkylation sites (N-methyl/N-ethyl adjacent to an activating group) is 2. The highest BCUT2D eigenvalue weighted by molar-refractivity contribution is 6.42. The van der Waals surface area contributed by atoms with Crippen molar-refractivity contribution >= 4 is 57.7 Å². The van der Waals surface area contributed by atoms with Crippen molar-refractivity contribution in [2.45, 2.75) is 19.8 Å². The van der Waals surface area contributed by atoms with Crippen molar-refractivity contribution < 1.29 is 34.5 Å². The molecule has 49 heavy (non-hydrogen) atoms. The van der Waals surface area contributed by atoms with Gasteiger partial charge in [0, 0.05) is 67.4 Å². The number of rotatable bonds is 8. The highest BCUT2D eigenvalue weighted by atomic mass is 35.5. The number of halogens is 2. The first-order chi connectivity index (χ1) is 23.5. The van der Waals surface area contributed by atoms with Crippen LogP contribution in [0.3, 0.4) is 0 Å². The van der Waals surface area contributed by atoms with E-state index >= 15 is 0 Å². The van der Waals surface area contributed by atoms with Gasteiger partial charge < -0.3 is 25.1 Å². The van der Waals surface area contributed by atoms with Crippen LogP contribution in [0.4, 0.5) is 11.4 Å². The Balaban J connectivity index is 0.000000203. The Morgan fingerprint density at radius 3 is 1.14 bits per heavy atom. The maximum absolute atomic E-state index is 13.2. The predicted molar refractivity (Wildman–Crippen MR) is 192 cm³/mol. The van der Waals surface area contributed by atoms with E-state index < -0.39 is 0 Å². The highest BCUT2D eigenvalue weighted by Crippen LogP contribution is 2.37. The molecule has 11 heteroatoms. The zero-order valence-corrected chi connectivity index (χ0v) is 29.0. The summed E-state index contributed by atoms with van der Waals surface area (Å²) < 4.78 is 0. The topological polar surface area (TPSA) is 135 Å². The summed E-state index contributed by atoms with van der Waals surface area (Å²) in [5, 5.41) is 27.1. The molecule has 0 radical (unpaired) electrons. The average Bonchev–Trinajstić information content (AvgIpc) is 3.10. The molecule has 4 aromatic rings. The van der Waals surface area contributed by atoms with Gasteiger partial charge in [-0.25, -0.2) is 0 Å². The first-order valence-corrected chi connectivity index (χ1v) is 16.6. The first-order valence-electron chi connectivity index (χ1n) is 15.8. The van der Waals surface area contributed by atoms with E-state index in [1.165, 1.54) is 0 Å². The Morgan fingerprint density at radius 2 is 0.837 bits per heavy atom. The molecule has 3 N–H and O–H groups in total. The number of aliphatic hydroxyl groups excluding tert-OH is 3. The van der Waals surface area contributed by atoms with Gasteiger partial charge in [-0.2, -0.15) is 0 Å². The fourth-order valence-electron chi connectivity index (χ4n) is 5.70. The second-order valence-electron chi connectivity index (χ2n) is 11.4. The van der Waals surface area contributed by atoms with Crippen molar-refractivity contribution in [2.24, 2.45) is 0 Å². The van der Waals surface area contributed by atoms with Crippen LogP contribution < -0.4 is 9.80 Å². The summed E-state index contributed by atoms with van der Waals surface area (Å²) in [6, 6.07) is 20.1. The second-order valence-corrected chi connectivity index (χ2v) is 12.2. The second kappa shape index (κ2) is 16.8. The Labute approximate surface area is 295 Å². The van der Waals surface area contributed by atoms with Crippen LogP contribution in [0.15, 0.2) is 72.8 Å². The number of anilines is 2. The van der Waals surface area contributed by atoms with E-state index in [1.807, 2.05) is 0 Å². The quantitative estimate of drug-likeness (QED) is 0.178. The van der Waals surface area contributed by atoms with Crippen molar-refractivity contribution in [3.05, 3.63) is 127 Å². The molecule has 0 aromatic heterocycles. The minimum atomic E-state index is -0.257.